The van der Waals surface area contributed by atoms with E-state index in [1.807, 2.05) is 24.3 Å². The molecule has 0 saturated carbocycles. The molecule has 0 saturated heterocycles. The fraction of sp³-hybridized carbons (Fsp3) is 0.0526. The average Bonchev–Trinajstić information content (AvgIpc) is 2.68. The molecule has 0 aliphatic rings. The highest BCUT2D eigenvalue weighted by atomic mass is 16.5. The first kappa shape index (κ1) is 16.3. The highest BCUT2D eigenvalue weighted by molar-refractivity contribution is 5.90. The molecule has 0 amide bonds. The fourth-order valence-electron chi connectivity index (χ4n) is 1.99. The molecule has 0 fully saturated rings. The first-order valence-corrected chi connectivity index (χ1v) is 7.53. The number of pyridine rings is 1. The summed E-state index contributed by atoms with van der Waals surface area (Å²) in [5.41, 5.74) is 1.76. The van der Waals surface area contributed by atoms with Gasteiger partial charge in [0.1, 0.15) is 11.5 Å². The maximum atomic E-state index is 11.9. The van der Waals surface area contributed by atoms with Crippen LogP contribution in [-0.2, 0) is 0 Å². The number of rotatable bonds is 5. The van der Waals surface area contributed by atoms with Gasteiger partial charge < -0.3 is 9.47 Å². The molecular weight excluding hydrogens is 318 g/mol. The molecule has 6 nitrogen and oxygen atoms in total. The first-order chi connectivity index (χ1) is 12.2. The molecule has 6 heteroatoms. The van der Waals surface area contributed by atoms with Crippen LogP contribution in [0.1, 0.15) is 10.4 Å². The quantitative estimate of drug-likeness (QED) is 0.384. The van der Waals surface area contributed by atoms with Crippen molar-refractivity contribution in [2.45, 2.75) is 0 Å². The van der Waals surface area contributed by atoms with E-state index in [2.05, 4.69) is 15.2 Å². The molecule has 2 aromatic carbocycles. The van der Waals surface area contributed by atoms with E-state index in [9.17, 15) is 4.79 Å². The molecule has 1 heterocycles. The van der Waals surface area contributed by atoms with Crippen molar-refractivity contribution in [3.63, 3.8) is 0 Å². The summed E-state index contributed by atoms with van der Waals surface area (Å²) < 4.78 is 10.4. The Balaban J connectivity index is 1.63. The standard InChI is InChI=1S/C19H15N3O3/c1-24-17-8-4-15(5-9-17)21-22-16-6-10-18(11-7-16)25-19(23)14-3-2-12-20-13-14/h2-13H,1H3. The van der Waals surface area contributed by atoms with E-state index >= 15 is 0 Å². The molecule has 0 aliphatic heterocycles. The van der Waals surface area contributed by atoms with Crippen molar-refractivity contribution in [2.75, 3.05) is 7.11 Å². The second-order valence-corrected chi connectivity index (χ2v) is 5.02. The molecule has 0 aliphatic carbocycles. The minimum atomic E-state index is -0.458. The van der Waals surface area contributed by atoms with Gasteiger partial charge in [0, 0.05) is 12.4 Å². The van der Waals surface area contributed by atoms with Crippen molar-refractivity contribution < 1.29 is 14.3 Å². The van der Waals surface area contributed by atoms with Crippen molar-refractivity contribution in [1.29, 1.82) is 0 Å². The summed E-state index contributed by atoms with van der Waals surface area (Å²) in [4.78, 5) is 15.8. The molecule has 1 aromatic heterocycles. The number of hydrogen-bond acceptors (Lipinski definition) is 6. The van der Waals surface area contributed by atoms with Gasteiger partial charge in [-0.3, -0.25) is 4.98 Å². The Morgan fingerprint density at radius 3 is 2.00 bits per heavy atom. The van der Waals surface area contributed by atoms with Crippen LogP contribution in [0, 0.1) is 0 Å². The summed E-state index contributed by atoms with van der Waals surface area (Å²) in [5.74, 6) is 0.733. The lowest BCUT2D eigenvalue weighted by atomic mass is 10.3. The molecular formula is C19H15N3O3. The highest BCUT2D eigenvalue weighted by Gasteiger charge is 2.08. The van der Waals surface area contributed by atoms with Crippen LogP contribution in [0.5, 0.6) is 11.5 Å². The summed E-state index contributed by atoms with van der Waals surface area (Å²) in [7, 11) is 1.61. The number of azo groups is 1. The van der Waals surface area contributed by atoms with Gasteiger partial charge in [0.25, 0.3) is 0 Å². The summed E-state index contributed by atoms with van der Waals surface area (Å²) in [6.07, 6.45) is 3.05. The number of nitrogens with zero attached hydrogens (tertiary/aromatic N) is 3. The molecule has 3 aromatic rings. The van der Waals surface area contributed by atoms with Crippen LogP contribution in [0.3, 0.4) is 0 Å². The largest absolute Gasteiger partial charge is 0.497 e. The molecule has 0 radical (unpaired) electrons. The smallest absolute Gasteiger partial charge is 0.345 e. The monoisotopic (exact) mass is 333 g/mol. The molecule has 0 spiro atoms. The zero-order chi connectivity index (χ0) is 17.5. The number of benzene rings is 2. The summed E-state index contributed by atoms with van der Waals surface area (Å²) in [5, 5.41) is 8.29. The van der Waals surface area contributed by atoms with Crippen LogP contribution in [0.15, 0.2) is 83.3 Å². The number of methoxy groups -OCH3 is 1. The van der Waals surface area contributed by atoms with Gasteiger partial charge in [0.15, 0.2) is 0 Å². The molecule has 25 heavy (non-hydrogen) atoms. The molecule has 0 N–H and O–H groups in total. The van der Waals surface area contributed by atoms with E-state index in [1.165, 1.54) is 6.20 Å². The highest BCUT2D eigenvalue weighted by Crippen LogP contribution is 2.23. The third-order valence-corrected chi connectivity index (χ3v) is 3.30. The maximum Gasteiger partial charge on any atom is 0.345 e. The van der Waals surface area contributed by atoms with Crippen LogP contribution in [0.4, 0.5) is 11.4 Å². The van der Waals surface area contributed by atoms with Crippen LogP contribution in [0.25, 0.3) is 0 Å². The minimum absolute atomic E-state index is 0.394. The predicted molar refractivity (Wildman–Crippen MR) is 92.8 cm³/mol. The molecule has 124 valence electrons. The fourth-order valence-corrected chi connectivity index (χ4v) is 1.99. The van der Waals surface area contributed by atoms with Gasteiger partial charge in [0.2, 0.25) is 0 Å². The van der Waals surface area contributed by atoms with E-state index in [4.69, 9.17) is 9.47 Å². The van der Waals surface area contributed by atoms with Gasteiger partial charge in [-0.1, -0.05) is 0 Å². The van der Waals surface area contributed by atoms with Crippen LogP contribution in [-0.4, -0.2) is 18.1 Å². The zero-order valence-electron chi connectivity index (χ0n) is 13.5. The topological polar surface area (TPSA) is 73.1 Å². The second kappa shape index (κ2) is 7.83. The lowest BCUT2D eigenvalue weighted by Gasteiger charge is -2.03. The predicted octanol–water partition coefficient (Wildman–Crippen LogP) is 4.72. The molecule has 0 bridgehead atoms. The van der Waals surface area contributed by atoms with Crippen LogP contribution >= 0.6 is 0 Å². The molecule has 3 rings (SSSR count). The zero-order valence-corrected chi connectivity index (χ0v) is 13.5. The SMILES string of the molecule is COc1ccc(N=Nc2ccc(OC(=O)c3cccnc3)cc2)cc1. The molecule has 0 unspecified atom stereocenters. The number of carbonyl (C=O) groups is 1. The number of hydrogen-bond donors (Lipinski definition) is 0. The van der Waals surface area contributed by atoms with E-state index in [1.54, 1.807) is 49.7 Å². The third-order valence-electron chi connectivity index (χ3n) is 3.30. The van der Waals surface area contributed by atoms with E-state index in [0.29, 0.717) is 22.7 Å². The first-order valence-electron chi connectivity index (χ1n) is 7.53. The van der Waals surface area contributed by atoms with Gasteiger partial charge in [-0.15, -0.1) is 0 Å². The maximum absolute atomic E-state index is 11.9. The van der Waals surface area contributed by atoms with E-state index in [0.717, 1.165) is 5.75 Å². The van der Waals surface area contributed by atoms with Gasteiger partial charge in [-0.2, -0.15) is 10.2 Å². The Morgan fingerprint density at radius 2 is 1.48 bits per heavy atom. The Kier molecular flexibility index (Phi) is 5.11. The number of carbonyl (C=O) groups excluding carboxylic acids is 1. The normalized spacial score (nSPS) is 10.6. The summed E-state index contributed by atoms with van der Waals surface area (Å²) in [6, 6.07) is 17.3. The Bertz CT molecular complexity index is 861. The van der Waals surface area contributed by atoms with Gasteiger partial charge in [0.05, 0.1) is 24.0 Å². The third kappa shape index (κ3) is 4.48. The van der Waals surface area contributed by atoms with Crippen molar-refractivity contribution in [3.05, 3.63) is 78.6 Å². The van der Waals surface area contributed by atoms with Crippen molar-refractivity contribution in [3.8, 4) is 11.5 Å². The van der Waals surface area contributed by atoms with Gasteiger partial charge in [-0.05, 0) is 60.7 Å². The number of ether oxygens (including phenoxy) is 2. The number of aromatic nitrogens is 1. The van der Waals surface area contributed by atoms with Crippen LogP contribution in [0.2, 0.25) is 0 Å². The Hall–Kier alpha value is -3.54. The minimum Gasteiger partial charge on any atom is -0.497 e. The van der Waals surface area contributed by atoms with Crippen molar-refractivity contribution >= 4 is 17.3 Å². The summed E-state index contributed by atoms with van der Waals surface area (Å²) in [6.45, 7) is 0. The second-order valence-electron chi connectivity index (χ2n) is 5.02. The van der Waals surface area contributed by atoms with Crippen molar-refractivity contribution in [2.24, 2.45) is 10.2 Å². The lowest BCUT2D eigenvalue weighted by Crippen LogP contribution is -2.08. The van der Waals surface area contributed by atoms with Crippen molar-refractivity contribution in [1.82, 2.24) is 4.98 Å². The van der Waals surface area contributed by atoms with Gasteiger partial charge in [-0.25, -0.2) is 4.79 Å². The Labute approximate surface area is 144 Å². The average molecular weight is 333 g/mol. The number of esters is 1. The van der Waals surface area contributed by atoms with E-state index in [-0.39, 0.29) is 0 Å². The lowest BCUT2D eigenvalue weighted by molar-refractivity contribution is 0.0734. The van der Waals surface area contributed by atoms with E-state index < -0.39 is 5.97 Å². The Morgan fingerprint density at radius 1 is 0.880 bits per heavy atom. The van der Waals surface area contributed by atoms with Gasteiger partial charge >= 0.3 is 5.97 Å². The molecule has 0 atom stereocenters. The van der Waals surface area contributed by atoms with Crippen LogP contribution < -0.4 is 9.47 Å². The summed E-state index contributed by atoms with van der Waals surface area (Å²) >= 11 is 0.